The van der Waals surface area contributed by atoms with E-state index >= 15 is 0 Å². The maximum absolute atomic E-state index is 10.6. The monoisotopic (exact) mass is 253 g/mol. The van der Waals surface area contributed by atoms with Gasteiger partial charge in [0.1, 0.15) is 0 Å². The summed E-state index contributed by atoms with van der Waals surface area (Å²) in [6.45, 7) is 7.47. The second-order valence-electron chi connectivity index (χ2n) is 7.16. The Hall–Kier alpha value is -0.120. The first kappa shape index (κ1) is 12.9. The number of hydrogen-bond donors (Lipinski definition) is 1. The predicted octanol–water partition coefficient (Wildman–Crippen LogP) is 2.04. The molecule has 1 saturated carbocycles. The molecule has 3 rings (SSSR count). The molecule has 0 atom stereocenters. The van der Waals surface area contributed by atoms with Crippen LogP contribution < -0.4 is 0 Å². The number of hydrogen-bond acceptors (Lipinski definition) is 3. The highest BCUT2D eigenvalue weighted by Crippen LogP contribution is 2.42. The predicted molar refractivity (Wildman–Crippen MR) is 71.5 cm³/mol. The van der Waals surface area contributed by atoms with E-state index in [1.165, 1.54) is 38.8 Å². The Bertz CT molecular complexity index is 283. The lowest BCUT2D eigenvalue weighted by molar-refractivity contribution is -0.118. The van der Waals surface area contributed by atoms with Gasteiger partial charge in [-0.1, -0.05) is 6.92 Å². The van der Waals surface area contributed by atoms with Crippen molar-refractivity contribution in [3.8, 4) is 0 Å². The fourth-order valence-electron chi connectivity index (χ4n) is 4.01. The van der Waals surface area contributed by atoms with Crippen molar-refractivity contribution in [3.05, 3.63) is 0 Å². The fourth-order valence-corrected chi connectivity index (χ4v) is 4.01. The van der Waals surface area contributed by atoms with Crippen LogP contribution in [0.4, 0.5) is 0 Å². The molecule has 0 unspecified atom stereocenters. The normalized spacial score (nSPS) is 40.7. The number of aliphatic hydroxyl groups is 1. The molecule has 0 radical (unpaired) electrons. The van der Waals surface area contributed by atoms with Crippen LogP contribution in [0, 0.1) is 11.3 Å². The van der Waals surface area contributed by atoms with Gasteiger partial charge >= 0.3 is 0 Å². The van der Waals surface area contributed by atoms with Gasteiger partial charge in [-0.25, -0.2) is 0 Å². The fraction of sp³-hybridized carbons (Fsp3) is 1.00. The first-order valence-electron chi connectivity index (χ1n) is 7.62. The van der Waals surface area contributed by atoms with E-state index in [1.54, 1.807) is 0 Å². The van der Waals surface area contributed by atoms with Crippen molar-refractivity contribution in [2.45, 2.75) is 51.0 Å². The Labute approximate surface area is 110 Å². The van der Waals surface area contributed by atoms with Crippen molar-refractivity contribution >= 4 is 0 Å². The van der Waals surface area contributed by atoms with Crippen molar-refractivity contribution in [2.24, 2.45) is 11.3 Å². The largest absolute Gasteiger partial charge is 0.389 e. The zero-order valence-electron chi connectivity index (χ0n) is 11.7. The van der Waals surface area contributed by atoms with Crippen LogP contribution in [0.5, 0.6) is 0 Å². The van der Waals surface area contributed by atoms with Crippen LogP contribution in [-0.2, 0) is 4.74 Å². The number of β-amino-alcohol motifs (C(OH)–C–C–N with tert-alkyl or cyclic N) is 1. The molecule has 0 aromatic carbocycles. The lowest BCUT2D eigenvalue weighted by atomic mass is 9.72. The summed E-state index contributed by atoms with van der Waals surface area (Å²) in [6.07, 6.45) is 6.84. The van der Waals surface area contributed by atoms with Crippen LogP contribution in [0.2, 0.25) is 0 Å². The average Bonchev–Trinajstić information content (AvgIpc) is 2.33. The Balaban J connectivity index is 1.47. The summed E-state index contributed by atoms with van der Waals surface area (Å²) in [5.41, 5.74) is 0.149. The molecule has 2 heterocycles. The van der Waals surface area contributed by atoms with Crippen LogP contribution in [0.1, 0.15) is 45.4 Å². The maximum Gasteiger partial charge on any atom is 0.0774 e. The molecule has 3 nitrogen and oxygen atoms in total. The van der Waals surface area contributed by atoms with Gasteiger partial charge in [-0.2, -0.15) is 0 Å². The van der Waals surface area contributed by atoms with Crippen LogP contribution in [0.3, 0.4) is 0 Å². The first-order chi connectivity index (χ1) is 8.59. The van der Waals surface area contributed by atoms with E-state index in [2.05, 4.69) is 11.8 Å². The topological polar surface area (TPSA) is 32.7 Å². The van der Waals surface area contributed by atoms with Crippen molar-refractivity contribution < 1.29 is 9.84 Å². The summed E-state index contributed by atoms with van der Waals surface area (Å²) >= 11 is 0. The van der Waals surface area contributed by atoms with Gasteiger partial charge < -0.3 is 9.84 Å². The molecule has 1 spiro atoms. The summed E-state index contributed by atoms with van der Waals surface area (Å²) < 4.78 is 5.45. The Morgan fingerprint density at radius 1 is 1.11 bits per heavy atom. The Morgan fingerprint density at radius 2 is 1.72 bits per heavy atom. The lowest BCUT2D eigenvalue weighted by Crippen LogP contribution is -2.62. The van der Waals surface area contributed by atoms with Gasteiger partial charge in [0.2, 0.25) is 0 Å². The molecule has 3 fully saturated rings. The Kier molecular flexibility index (Phi) is 3.41. The van der Waals surface area contributed by atoms with E-state index in [1.807, 2.05) is 0 Å². The van der Waals surface area contributed by atoms with Crippen molar-refractivity contribution in [1.29, 1.82) is 0 Å². The molecule has 104 valence electrons. The standard InChI is InChI=1S/C15H27NO2/c1-13-2-4-15(17,5-3-13)12-16-10-14(11-16)6-8-18-9-7-14/h13,17H,2-12H2,1H3. The smallest absolute Gasteiger partial charge is 0.0774 e. The van der Waals surface area contributed by atoms with Gasteiger partial charge in [-0.05, 0) is 44.4 Å². The minimum atomic E-state index is -0.390. The lowest BCUT2D eigenvalue weighted by Gasteiger charge is -2.54. The summed E-state index contributed by atoms with van der Waals surface area (Å²) in [4.78, 5) is 2.47. The zero-order valence-corrected chi connectivity index (χ0v) is 11.7. The highest BCUT2D eigenvalue weighted by atomic mass is 16.5. The summed E-state index contributed by atoms with van der Waals surface area (Å²) in [5, 5.41) is 10.6. The van der Waals surface area contributed by atoms with E-state index < -0.39 is 0 Å². The SMILES string of the molecule is CC1CCC(O)(CN2CC3(CCOCC3)C2)CC1. The van der Waals surface area contributed by atoms with Gasteiger partial charge in [0.15, 0.2) is 0 Å². The first-order valence-corrected chi connectivity index (χ1v) is 7.62. The molecule has 0 aromatic rings. The van der Waals surface area contributed by atoms with E-state index in [0.29, 0.717) is 5.41 Å². The second kappa shape index (κ2) is 4.77. The molecule has 2 aliphatic heterocycles. The number of likely N-dealkylation sites (tertiary alicyclic amines) is 1. The molecule has 18 heavy (non-hydrogen) atoms. The van der Waals surface area contributed by atoms with Gasteiger partial charge in [-0.3, -0.25) is 4.90 Å². The van der Waals surface area contributed by atoms with Crippen LogP contribution >= 0.6 is 0 Å². The van der Waals surface area contributed by atoms with Crippen LogP contribution in [0.15, 0.2) is 0 Å². The molecular formula is C15H27NO2. The highest BCUT2D eigenvalue weighted by molar-refractivity contribution is 4.99. The van der Waals surface area contributed by atoms with Crippen molar-refractivity contribution in [2.75, 3.05) is 32.8 Å². The number of ether oxygens (including phenoxy) is 1. The molecule has 0 aromatic heterocycles. The Morgan fingerprint density at radius 3 is 2.33 bits per heavy atom. The van der Waals surface area contributed by atoms with Crippen LogP contribution in [0.25, 0.3) is 0 Å². The summed E-state index contributed by atoms with van der Waals surface area (Å²) in [5.74, 6) is 0.809. The molecule has 1 N–H and O–H groups in total. The van der Waals surface area contributed by atoms with Gasteiger partial charge in [0.25, 0.3) is 0 Å². The minimum Gasteiger partial charge on any atom is -0.389 e. The second-order valence-corrected chi connectivity index (χ2v) is 7.16. The molecule has 3 aliphatic rings. The molecule has 2 saturated heterocycles. The molecule has 0 bridgehead atoms. The zero-order chi connectivity index (χ0) is 12.6. The van der Waals surface area contributed by atoms with Gasteiger partial charge in [-0.15, -0.1) is 0 Å². The third kappa shape index (κ3) is 2.59. The summed E-state index contributed by atoms with van der Waals surface area (Å²) in [7, 11) is 0. The average molecular weight is 253 g/mol. The van der Waals surface area contributed by atoms with Gasteiger partial charge in [0, 0.05) is 38.3 Å². The molecular weight excluding hydrogens is 226 g/mol. The van der Waals surface area contributed by atoms with E-state index in [0.717, 1.165) is 38.5 Å². The molecule has 3 heteroatoms. The maximum atomic E-state index is 10.6. The van der Waals surface area contributed by atoms with Gasteiger partial charge in [0.05, 0.1) is 5.60 Å². The van der Waals surface area contributed by atoms with Crippen molar-refractivity contribution in [1.82, 2.24) is 4.90 Å². The number of nitrogens with zero attached hydrogens (tertiary/aromatic N) is 1. The molecule has 1 aliphatic carbocycles. The quantitative estimate of drug-likeness (QED) is 0.817. The summed E-state index contributed by atoms with van der Waals surface area (Å²) in [6, 6.07) is 0. The third-order valence-corrected chi connectivity index (χ3v) is 5.39. The number of rotatable bonds is 2. The van der Waals surface area contributed by atoms with E-state index in [9.17, 15) is 5.11 Å². The third-order valence-electron chi connectivity index (χ3n) is 5.39. The molecule has 0 amide bonds. The van der Waals surface area contributed by atoms with Crippen molar-refractivity contribution in [3.63, 3.8) is 0 Å². The highest BCUT2D eigenvalue weighted by Gasteiger charge is 2.46. The minimum absolute atomic E-state index is 0.390. The van der Waals surface area contributed by atoms with Crippen LogP contribution in [-0.4, -0.2) is 48.5 Å². The van der Waals surface area contributed by atoms with E-state index in [4.69, 9.17) is 4.74 Å². The van der Waals surface area contributed by atoms with E-state index in [-0.39, 0.29) is 5.60 Å².